The molecule has 172 valence electrons. The zero-order valence-corrected chi connectivity index (χ0v) is 19.1. The van der Waals surface area contributed by atoms with Gasteiger partial charge in [-0.2, -0.15) is 0 Å². The van der Waals surface area contributed by atoms with Crippen LogP contribution >= 0.6 is 11.6 Å². The Morgan fingerprint density at radius 2 is 1.81 bits per heavy atom. The predicted molar refractivity (Wildman–Crippen MR) is 119 cm³/mol. The molecule has 2 rings (SSSR count). The second-order valence-corrected chi connectivity index (χ2v) is 9.18. The van der Waals surface area contributed by atoms with Gasteiger partial charge in [0.15, 0.2) is 4.90 Å². The highest BCUT2D eigenvalue weighted by atomic mass is 35.5. The second kappa shape index (κ2) is 13.9. The number of carbonyl (C=O) groups is 3. The maximum atomic E-state index is 12.7. The summed E-state index contributed by atoms with van der Waals surface area (Å²) in [6.07, 6.45) is 2.87. The number of carboxylic acid groups (broad SMARTS) is 2. The number of likely N-dealkylation sites (N-methyl/N-ethyl adjacent to an activating group) is 1. The van der Waals surface area contributed by atoms with E-state index in [1.54, 1.807) is 29.2 Å². The molecule has 2 unspecified atom stereocenters. The van der Waals surface area contributed by atoms with Gasteiger partial charge >= 0.3 is 18.0 Å². The summed E-state index contributed by atoms with van der Waals surface area (Å²) in [4.78, 5) is 35.9. The van der Waals surface area contributed by atoms with Crippen molar-refractivity contribution in [2.45, 2.75) is 23.0 Å². The number of aliphatic carboxylic acids is 2. The van der Waals surface area contributed by atoms with Crippen LogP contribution in [-0.2, 0) is 20.8 Å². The Balaban J connectivity index is 0.000000512. The average Bonchev–Trinajstić information content (AvgIpc) is 2.72. The maximum absolute atomic E-state index is 12.7. The molecule has 0 aromatic heterocycles. The van der Waals surface area contributed by atoms with Gasteiger partial charge in [-0.25, -0.2) is 14.4 Å². The van der Waals surface area contributed by atoms with Crippen molar-refractivity contribution < 1.29 is 29.1 Å². The molecule has 0 radical (unpaired) electrons. The SMILES string of the molecule is CN(C)CCNC(=O)N1CCCC([S+]([O-])c2ccc(Cl)cc2)C1.O=C(O)C=CC(=O)O. The molecule has 0 bridgehead atoms. The van der Waals surface area contributed by atoms with E-state index < -0.39 is 23.1 Å². The molecule has 0 spiro atoms. The molecule has 0 saturated carbocycles. The van der Waals surface area contributed by atoms with Crippen molar-refractivity contribution in [2.75, 3.05) is 40.3 Å². The number of benzene rings is 1. The van der Waals surface area contributed by atoms with Gasteiger partial charge in [-0.1, -0.05) is 11.6 Å². The quantitative estimate of drug-likeness (QED) is 0.406. The molecule has 2 amide bonds. The average molecular weight is 474 g/mol. The highest BCUT2D eigenvalue weighted by Crippen LogP contribution is 2.25. The fraction of sp³-hybridized carbons (Fsp3) is 0.450. The van der Waals surface area contributed by atoms with Crippen LogP contribution in [0.4, 0.5) is 4.79 Å². The summed E-state index contributed by atoms with van der Waals surface area (Å²) in [5, 5.41) is 19.2. The van der Waals surface area contributed by atoms with Crippen LogP contribution in [-0.4, -0.2) is 88.1 Å². The zero-order chi connectivity index (χ0) is 23.4. The second-order valence-electron chi connectivity index (χ2n) is 7.01. The summed E-state index contributed by atoms with van der Waals surface area (Å²) < 4.78 is 12.7. The summed E-state index contributed by atoms with van der Waals surface area (Å²) >= 11 is 4.76. The molecule has 11 heteroatoms. The first-order valence-electron chi connectivity index (χ1n) is 9.57. The minimum absolute atomic E-state index is 0.0236. The number of carboxylic acids is 2. The fourth-order valence-electron chi connectivity index (χ4n) is 2.70. The van der Waals surface area contributed by atoms with Crippen molar-refractivity contribution in [1.29, 1.82) is 0 Å². The lowest BCUT2D eigenvalue weighted by Crippen LogP contribution is -2.49. The Morgan fingerprint density at radius 3 is 2.32 bits per heavy atom. The third-order valence-electron chi connectivity index (χ3n) is 4.22. The highest BCUT2D eigenvalue weighted by molar-refractivity contribution is 7.92. The Labute approximate surface area is 189 Å². The number of urea groups is 1. The first kappa shape index (κ1) is 26.8. The van der Waals surface area contributed by atoms with Gasteiger partial charge in [0.2, 0.25) is 0 Å². The van der Waals surface area contributed by atoms with E-state index in [1.165, 1.54) is 0 Å². The number of hydrogen-bond donors (Lipinski definition) is 3. The van der Waals surface area contributed by atoms with Crippen molar-refractivity contribution >= 4 is 40.7 Å². The number of carbonyl (C=O) groups excluding carboxylic acids is 1. The third-order valence-corrected chi connectivity index (χ3v) is 6.20. The summed E-state index contributed by atoms with van der Waals surface area (Å²) in [5.74, 6) is -2.51. The Hall–Kier alpha value is -2.27. The number of halogens is 1. The number of piperidine rings is 1. The summed E-state index contributed by atoms with van der Waals surface area (Å²) in [5.41, 5.74) is 0. The van der Waals surface area contributed by atoms with Gasteiger partial charge in [-0.05, 0) is 62.4 Å². The molecule has 1 aliphatic rings. The van der Waals surface area contributed by atoms with Crippen LogP contribution in [0.3, 0.4) is 0 Å². The smallest absolute Gasteiger partial charge is 0.328 e. The van der Waals surface area contributed by atoms with Crippen LogP contribution in [0.25, 0.3) is 0 Å². The third kappa shape index (κ3) is 11.1. The molecule has 1 heterocycles. The van der Waals surface area contributed by atoms with Crippen LogP contribution in [0.5, 0.6) is 0 Å². The lowest BCUT2D eigenvalue weighted by Gasteiger charge is -2.33. The summed E-state index contributed by atoms with van der Waals surface area (Å²) in [7, 11) is 3.94. The van der Waals surface area contributed by atoms with Gasteiger partial charge in [0.05, 0.1) is 6.54 Å². The van der Waals surface area contributed by atoms with E-state index in [9.17, 15) is 18.9 Å². The molecule has 1 aromatic carbocycles. The molecular formula is C20H28ClN3O6S. The van der Waals surface area contributed by atoms with Gasteiger partial charge in [-0.3, -0.25) is 0 Å². The first-order valence-corrected chi connectivity index (χ1v) is 11.2. The zero-order valence-electron chi connectivity index (χ0n) is 17.5. The Kier molecular flexibility index (Phi) is 12.0. The fourth-order valence-corrected chi connectivity index (χ4v) is 4.31. The normalized spacial score (nSPS) is 17.1. The number of amides is 2. The van der Waals surface area contributed by atoms with E-state index in [-0.39, 0.29) is 11.3 Å². The van der Waals surface area contributed by atoms with E-state index in [1.807, 2.05) is 19.0 Å². The van der Waals surface area contributed by atoms with Crippen LogP contribution in [0.1, 0.15) is 12.8 Å². The molecule has 31 heavy (non-hydrogen) atoms. The Morgan fingerprint density at radius 1 is 1.23 bits per heavy atom. The molecule has 3 N–H and O–H groups in total. The van der Waals surface area contributed by atoms with E-state index >= 15 is 0 Å². The largest absolute Gasteiger partial charge is 0.611 e. The lowest BCUT2D eigenvalue weighted by molar-refractivity contribution is -0.134. The van der Waals surface area contributed by atoms with Gasteiger partial charge in [0.1, 0.15) is 5.25 Å². The van der Waals surface area contributed by atoms with E-state index in [0.29, 0.717) is 30.3 Å². The maximum Gasteiger partial charge on any atom is 0.328 e. The van der Waals surface area contributed by atoms with Crippen LogP contribution in [0.2, 0.25) is 5.02 Å². The standard InChI is InChI=1S/C16H24ClN3O2S.C4H4O4/c1-19(2)11-9-18-16(21)20-10-3-4-15(12-20)23(22)14-7-5-13(17)6-8-14;5-3(6)1-2-4(7)8/h5-8,15H,3-4,9-12H2,1-2H3,(H,18,21);1-2H,(H,5,6)(H,7,8). The molecule has 0 aliphatic carbocycles. The number of likely N-dealkylation sites (tertiary alicyclic amines) is 1. The van der Waals surface area contributed by atoms with Crippen LogP contribution < -0.4 is 5.32 Å². The van der Waals surface area contributed by atoms with Gasteiger partial charge < -0.3 is 29.9 Å². The number of rotatable bonds is 7. The van der Waals surface area contributed by atoms with E-state index in [4.69, 9.17) is 21.8 Å². The van der Waals surface area contributed by atoms with E-state index in [2.05, 4.69) is 5.32 Å². The monoisotopic (exact) mass is 473 g/mol. The van der Waals surface area contributed by atoms with E-state index in [0.717, 1.165) is 30.8 Å². The van der Waals surface area contributed by atoms with Crippen molar-refractivity contribution in [2.24, 2.45) is 0 Å². The summed E-state index contributed by atoms with van der Waals surface area (Å²) in [6, 6.07) is 7.04. The number of nitrogens with one attached hydrogen (secondary N) is 1. The van der Waals surface area contributed by atoms with Gasteiger partial charge in [0, 0.05) is 36.8 Å². The summed E-state index contributed by atoms with van der Waals surface area (Å²) in [6.45, 7) is 2.68. The van der Waals surface area contributed by atoms with Crippen molar-refractivity contribution in [1.82, 2.24) is 15.1 Å². The topological polar surface area (TPSA) is 133 Å². The van der Waals surface area contributed by atoms with Crippen molar-refractivity contribution in [3.05, 3.63) is 41.4 Å². The van der Waals surface area contributed by atoms with Crippen molar-refractivity contribution in [3.63, 3.8) is 0 Å². The van der Waals surface area contributed by atoms with Crippen LogP contribution in [0, 0.1) is 0 Å². The molecule has 1 aliphatic heterocycles. The predicted octanol–water partition coefficient (Wildman–Crippen LogP) is 1.89. The lowest BCUT2D eigenvalue weighted by atomic mass is 10.1. The molecule has 1 aromatic rings. The first-order chi connectivity index (χ1) is 14.6. The van der Waals surface area contributed by atoms with Crippen LogP contribution in [0.15, 0.2) is 41.3 Å². The molecular weight excluding hydrogens is 446 g/mol. The van der Waals surface area contributed by atoms with Gasteiger partial charge in [-0.15, -0.1) is 0 Å². The molecule has 9 nitrogen and oxygen atoms in total. The number of nitrogens with zero attached hydrogens (tertiary/aromatic N) is 2. The highest BCUT2D eigenvalue weighted by Gasteiger charge is 2.32. The molecule has 2 atom stereocenters. The minimum Gasteiger partial charge on any atom is -0.611 e. The number of hydrogen-bond acceptors (Lipinski definition) is 5. The minimum atomic E-state index is -1.26. The van der Waals surface area contributed by atoms with Gasteiger partial charge in [0.25, 0.3) is 0 Å². The Bertz CT molecular complexity index is 744. The van der Waals surface area contributed by atoms with Crippen molar-refractivity contribution in [3.8, 4) is 0 Å². The molecule has 1 fully saturated rings. The molecule has 1 saturated heterocycles.